The van der Waals surface area contributed by atoms with Crippen molar-refractivity contribution in [1.82, 2.24) is 10.2 Å². The van der Waals surface area contributed by atoms with Crippen LogP contribution < -0.4 is 5.32 Å². The summed E-state index contributed by atoms with van der Waals surface area (Å²) in [6, 6.07) is 4.97. The molecule has 1 saturated carbocycles. The lowest BCUT2D eigenvalue weighted by atomic mass is 10.1. The van der Waals surface area contributed by atoms with E-state index in [0.717, 1.165) is 25.7 Å². The Morgan fingerprint density at radius 3 is 2.65 bits per heavy atom. The highest BCUT2D eigenvalue weighted by Crippen LogP contribution is 2.26. The number of carbonyl (C=O) groups excluding carboxylic acids is 3. The Morgan fingerprint density at radius 1 is 1.17 bits per heavy atom. The smallest absolute Gasteiger partial charge is 0.261 e. The zero-order valence-corrected chi connectivity index (χ0v) is 12.7. The van der Waals surface area contributed by atoms with E-state index in [1.165, 1.54) is 11.0 Å². The molecule has 2 heterocycles. The van der Waals surface area contributed by atoms with E-state index in [9.17, 15) is 14.4 Å². The summed E-state index contributed by atoms with van der Waals surface area (Å²) in [5, 5.41) is 2.89. The van der Waals surface area contributed by atoms with Crippen molar-refractivity contribution in [2.75, 3.05) is 13.2 Å². The SMILES string of the molecule is O=C(NC1CC1)c1ccc2c(c1)C(=O)N(CC1CCCO1)C2=O. The van der Waals surface area contributed by atoms with Crippen LogP contribution in [-0.2, 0) is 4.74 Å². The summed E-state index contributed by atoms with van der Waals surface area (Å²) in [5.74, 6) is -0.815. The molecule has 1 atom stereocenters. The minimum atomic E-state index is -0.332. The van der Waals surface area contributed by atoms with E-state index in [0.29, 0.717) is 23.3 Å². The lowest BCUT2D eigenvalue weighted by Crippen LogP contribution is -2.36. The maximum absolute atomic E-state index is 12.5. The summed E-state index contributed by atoms with van der Waals surface area (Å²) >= 11 is 0. The van der Waals surface area contributed by atoms with Crippen LogP contribution in [0.1, 0.15) is 56.8 Å². The fraction of sp³-hybridized carbons (Fsp3) is 0.471. The second kappa shape index (κ2) is 5.45. The predicted molar refractivity (Wildman–Crippen MR) is 81.3 cm³/mol. The number of benzene rings is 1. The Hall–Kier alpha value is -2.21. The molecule has 1 N–H and O–H groups in total. The summed E-state index contributed by atoms with van der Waals surface area (Å²) in [4.78, 5) is 38.3. The van der Waals surface area contributed by atoms with Crippen molar-refractivity contribution in [3.8, 4) is 0 Å². The van der Waals surface area contributed by atoms with E-state index < -0.39 is 0 Å². The molecule has 23 heavy (non-hydrogen) atoms. The molecular formula is C17H18N2O4. The number of ether oxygens (including phenoxy) is 1. The van der Waals surface area contributed by atoms with Gasteiger partial charge in [0.2, 0.25) is 0 Å². The first-order valence-electron chi connectivity index (χ1n) is 8.06. The molecule has 1 saturated heterocycles. The Balaban J connectivity index is 1.55. The maximum Gasteiger partial charge on any atom is 0.261 e. The van der Waals surface area contributed by atoms with Gasteiger partial charge in [0.05, 0.1) is 23.8 Å². The van der Waals surface area contributed by atoms with Gasteiger partial charge in [0, 0.05) is 18.2 Å². The number of imide groups is 1. The normalized spacial score (nSPS) is 23.3. The van der Waals surface area contributed by atoms with E-state index in [1.807, 2.05) is 0 Å². The second-order valence-electron chi connectivity index (χ2n) is 6.36. The number of rotatable bonds is 4. The first-order chi connectivity index (χ1) is 11.1. The largest absolute Gasteiger partial charge is 0.376 e. The van der Waals surface area contributed by atoms with Crippen molar-refractivity contribution in [2.45, 2.75) is 37.8 Å². The molecule has 4 rings (SSSR count). The number of carbonyl (C=O) groups is 3. The van der Waals surface area contributed by atoms with Gasteiger partial charge in [0.15, 0.2) is 0 Å². The van der Waals surface area contributed by atoms with Crippen LogP contribution in [0.2, 0.25) is 0 Å². The molecular weight excluding hydrogens is 296 g/mol. The molecule has 3 aliphatic rings. The van der Waals surface area contributed by atoms with Crippen molar-refractivity contribution < 1.29 is 19.1 Å². The first-order valence-corrected chi connectivity index (χ1v) is 8.06. The molecule has 6 heteroatoms. The third-order valence-corrected chi connectivity index (χ3v) is 4.56. The number of nitrogens with zero attached hydrogens (tertiary/aromatic N) is 1. The lowest BCUT2D eigenvalue weighted by Gasteiger charge is -2.17. The van der Waals surface area contributed by atoms with Crippen LogP contribution in [0.4, 0.5) is 0 Å². The highest BCUT2D eigenvalue weighted by Gasteiger charge is 2.38. The van der Waals surface area contributed by atoms with Gasteiger partial charge in [-0.25, -0.2) is 0 Å². The van der Waals surface area contributed by atoms with E-state index in [4.69, 9.17) is 4.74 Å². The molecule has 1 aromatic carbocycles. The van der Waals surface area contributed by atoms with Crippen LogP contribution in [0.15, 0.2) is 18.2 Å². The Bertz CT molecular complexity index is 690. The second-order valence-corrected chi connectivity index (χ2v) is 6.36. The van der Waals surface area contributed by atoms with Gasteiger partial charge >= 0.3 is 0 Å². The first kappa shape index (κ1) is 14.4. The molecule has 120 valence electrons. The third kappa shape index (κ3) is 2.63. The van der Waals surface area contributed by atoms with Crippen LogP contribution in [0.25, 0.3) is 0 Å². The van der Waals surface area contributed by atoms with Crippen molar-refractivity contribution >= 4 is 17.7 Å². The van der Waals surface area contributed by atoms with Crippen LogP contribution in [-0.4, -0.2) is 47.9 Å². The Labute approximate surface area is 133 Å². The molecule has 0 spiro atoms. The summed E-state index contributed by atoms with van der Waals surface area (Å²) in [7, 11) is 0. The van der Waals surface area contributed by atoms with Gasteiger partial charge in [-0.05, 0) is 43.9 Å². The fourth-order valence-corrected chi connectivity index (χ4v) is 3.09. The average molecular weight is 314 g/mol. The lowest BCUT2D eigenvalue weighted by molar-refractivity contribution is 0.0475. The number of amides is 3. The molecule has 3 amide bonds. The van der Waals surface area contributed by atoms with E-state index in [-0.39, 0.29) is 36.4 Å². The summed E-state index contributed by atoms with van der Waals surface area (Å²) in [6.07, 6.45) is 3.75. The van der Waals surface area contributed by atoms with Crippen LogP contribution in [0.3, 0.4) is 0 Å². The van der Waals surface area contributed by atoms with Gasteiger partial charge in [-0.15, -0.1) is 0 Å². The molecule has 0 radical (unpaired) electrons. The van der Waals surface area contributed by atoms with Crippen molar-refractivity contribution in [1.29, 1.82) is 0 Å². The highest BCUT2D eigenvalue weighted by molar-refractivity contribution is 6.22. The molecule has 6 nitrogen and oxygen atoms in total. The average Bonchev–Trinajstić information content (AvgIpc) is 3.16. The van der Waals surface area contributed by atoms with E-state index in [2.05, 4.69) is 5.32 Å². The van der Waals surface area contributed by atoms with E-state index >= 15 is 0 Å². The standard InChI is InChI=1S/C17H18N2O4/c20-15(18-11-4-5-11)10-3-6-13-14(8-10)17(22)19(16(13)21)9-12-2-1-7-23-12/h3,6,8,11-12H,1-2,4-5,7,9H2,(H,18,20). The summed E-state index contributed by atoms with van der Waals surface area (Å²) in [6.45, 7) is 0.968. The minimum absolute atomic E-state index is 0.0742. The number of hydrogen-bond donors (Lipinski definition) is 1. The van der Waals surface area contributed by atoms with Crippen LogP contribution in [0.5, 0.6) is 0 Å². The van der Waals surface area contributed by atoms with Crippen LogP contribution >= 0.6 is 0 Å². The number of nitrogens with one attached hydrogen (secondary N) is 1. The molecule has 1 unspecified atom stereocenters. The quantitative estimate of drug-likeness (QED) is 0.851. The number of hydrogen-bond acceptors (Lipinski definition) is 4. The monoisotopic (exact) mass is 314 g/mol. The Kier molecular flexibility index (Phi) is 3.41. The van der Waals surface area contributed by atoms with E-state index in [1.54, 1.807) is 12.1 Å². The van der Waals surface area contributed by atoms with Gasteiger partial charge in [0.25, 0.3) is 17.7 Å². The summed E-state index contributed by atoms with van der Waals surface area (Å²) in [5.41, 5.74) is 1.11. The molecule has 1 aromatic rings. The van der Waals surface area contributed by atoms with Crippen molar-refractivity contribution in [3.63, 3.8) is 0 Å². The molecule has 2 aliphatic heterocycles. The van der Waals surface area contributed by atoms with Crippen molar-refractivity contribution in [3.05, 3.63) is 34.9 Å². The molecule has 2 fully saturated rings. The molecule has 1 aliphatic carbocycles. The zero-order valence-electron chi connectivity index (χ0n) is 12.7. The topological polar surface area (TPSA) is 75.7 Å². The van der Waals surface area contributed by atoms with Crippen LogP contribution in [0, 0.1) is 0 Å². The summed E-state index contributed by atoms with van der Waals surface area (Å²) < 4.78 is 5.51. The van der Waals surface area contributed by atoms with Gasteiger partial charge in [0.1, 0.15) is 0 Å². The Morgan fingerprint density at radius 2 is 1.96 bits per heavy atom. The van der Waals surface area contributed by atoms with Gasteiger partial charge in [-0.3, -0.25) is 19.3 Å². The molecule has 0 bridgehead atoms. The maximum atomic E-state index is 12.5. The highest BCUT2D eigenvalue weighted by atomic mass is 16.5. The van der Waals surface area contributed by atoms with Crippen molar-refractivity contribution in [2.24, 2.45) is 0 Å². The van der Waals surface area contributed by atoms with Gasteiger partial charge in [-0.1, -0.05) is 0 Å². The third-order valence-electron chi connectivity index (χ3n) is 4.56. The predicted octanol–water partition coefficient (Wildman–Crippen LogP) is 1.35. The zero-order chi connectivity index (χ0) is 16.0. The molecule has 0 aromatic heterocycles. The number of fused-ring (bicyclic) bond motifs is 1. The van der Waals surface area contributed by atoms with Gasteiger partial charge < -0.3 is 10.1 Å². The van der Waals surface area contributed by atoms with Gasteiger partial charge in [-0.2, -0.15) is 0 Å². The fourth-order valence-electron chi connectivity index (χ4n) is 3.09. The minimum Gasteiger partial charge on any atom is -0.376 e.